The minimum atomic E-state index is -0.535. The lowest BCUT2D eigenvalue weighted by Crippen LogP contribution is -2.74. The van der Waals surface area contributed by atoms with Crippen molar-refractivity contribution in [3.63, 3.8) is 0 Å². The van der Waals surface area contributed by atoms with Crippen molar-refractivity contribution in [1.82, 2.24) is 15.3 Å². The number of aromatic hydroxyl groups is 5. The van der Waals surface area contributed by atoms with Gasteiger partial charge in [-0.15, -0.1) is 0 Å². The number of nitrogens with one attached hydrogen (secondary N) is 2. The summed E-state index contributed by atoms with van der Waals surface area (Å²) in [7, 11) is 0. The van der Waals surface area contributed by atoms with E-state index in [2.05, 4.69) is 76.1 Å². The van der Waals surface area contributed by atoms with Crippen LogP contribution in [0.5, 0.6) is 28.7 Å². The van der Waals surface area contributed by atoms with Gasteiger partial charge in [0.25, 0.3) is 0 Å². The Hall–Kier alpha value is -5.77. The van der Waals surface area contributed by atoms with E-state index in [0.29, 0.717) is 46.8 Å². The number of benzene rings is 4. The van der Waals surface area contributed by atoms with Gasteiger partial charge in [-0.05, 0) is 125 Å². The van der Waals surface area contributed by atoms with Crippen LogP contribution in [0.25, 0.3) is 22.9 Å². The van der Waals surface area contributed by atoms with Crippen molar-refractivity contribution in [3.8, 4) is 28.7 Å². The van der Waals surface area contributed by atoms with Crippen LogP contribution in [-0.4, -0.2) is 52.8 Å². The Kier molecular flexibility index (Phi) is 8.85. The van der Waals surface area contributed by atoms with Gasteiger partial charge in [0.2, 0.25) is 0 Å². The molecule has 9 heteroatoms. The number of aliphatic hydroxyl groups excluding tert-OH is 1. The zero-order valence-corrected chi connectivity index (χ0v) is 34.1. The fraction of sp³-hybridized carbons (Fsp3) is 0.365. The molecule has 0 saturated heterocycles. The molecular weight excluding hydrogens is 763 g/mol. The van der Waals surface area contributed by atoms with Gasteiger partial charge in [-0.3, -0.25) is 5.32 Å². The molecule has 312 valence electrons. The molecule has 2 spiro atoms. The zero-order valence-electron chi connectivity index (χ0n) is 34.1. The van der Waals surface area contributed by atoms with Crippen LogP contribution in [0.2, 0.25) is 0 Å². The third-order valence-corrected chi connectivity index (χ3v) is 16.4. The number of hydrogen-bond acceptors (Lipinski definition) is 8. The predicted molar refractivity (Wildman–Crippen MR) is 236 cm³/mol. The number of rotatable bonds is 7. The second kappa shape index (κ2) is 14.1. The number of allylic oxidation sites excluding steroid dienone is 2. The molecule has 1 aromatic heterocycles. The Labute approximate surface area is 355 Å². The van der Waals surface area contributed by atoms with Gasteiger partial charge in [0, 0.05) is 34.8 Å². The lowest BCUT2D eigenvalue weighted by molar-refractivity contribution is -0.161. The van der Waals surface area contributed by atoms with E-state index in [4.69, 9.17) is 0 Å². The van der Waals surface area contributed by atoms with E-state index in [9.17, 15) is 30.6 Å². The number of phenolic OH excluding ortho intramolecular Hbond substituents is 5. The van der Waals surface area contributed by atoms with Crippen molar-refractivity contribution >= 4 is 22.9 Å². The second-order valence-electron chi connectivity index (χ2n) is 18.8. The molecule has 9 nitrogen and oxygen atoms in total. The Morgan fingerprint density at radius 2 is 1.61 bits per heavy atom. The van der Waals surface area contributed by atoms with E-state index in [1.54, 1.807) is 30.4 Å². The number of hydrogen-bond donors (Lipinski definition) is 8. The van der Waals surface area contributed by atoms with Gasteiger partial charge in [0.1, 0.15) is 5.75 Å². The van der Waals surface area contributed by atoms with Gasteiger partial charge in [0.15, 0.2) is 23.0 Å². The highest BCUT2D eigenvalue weighted by atomic mass is 16.3. The summed E-state index contributed by atoms with van der Waals surface area (Å²) in [5.41, 5.74) is 6.21. The monoisotopic (exact) mass is 815 g/mol. The number of aryl methyl sites for hydroxylation is 1. The van der Waals surface area contributed by atoms with E-state index in [0.717, 1.165) is 24.0 Å². The number of aromatic amines is 1. The van der Waals surface area contributed by atoms with Crippen LogP contribution in [0.1, 0.15) is 90.9 Å². The Balaban J connectivity index is 0.923. The second-order valence-corrected chi connectivity index (χ2v) is 18.8. The molecule has 0 bridgehead atoms. The SMILES string of the molecule is Oc1ccc(/C=C/c2c(CCc3ccc([C@@H]4C=CC5=C[C@@H]6CCC[C@]67CC[C@@]68CCC[C@@H]6C=C[C@H](O)[C@@H]8[C@]7(c6cnc[nH]6)[C@H]5N4)cc3)c(O)c(O)c3c(O)cccc23)cc1O. The third-order valence-electron chi connectivity index (χ3n) is 16.4. The molecule has 0 amide bonds. The minimum Gasteiger partial charge on any atom is -0.507 e. The predicted octanol–water partition coefficient (Wildman–Crippen LogP) is 9.41. The van der Waals surface area contributed by atoms with Crippen LogP contribution in [0.3, 0.4) is 0 Å². The highest BCUT2D eigenvalue weighted by molar-refractivity contribution is 6.03. The molecule has 11 rings (SSSR count). The summed E-state index contributed by atoms with van der Waals surface area (Å²) in [5, 5.41) is 70.6. The number of aliphatic hydroxyl groups is 1. The smallest absolute Gasteiger partial charge is 0.169 e. The van der Waals surface area contributed by atoms with Crippen molar-refractivity contribution in [3.05, 3.63) is 143 Å². The van der Waals surface area contributed by atoms with Crippen molar-refractivity contribution in [1.29, 1.82) is 0 Å². The number of imidazole rings is 1. The van der Waals surface area contributed by atoms with E-state index in [1.165, 1.54) is 68.0 Å². The average molecular weight is 816 g/mol. The van der Waals surface area contributed by atoms with Crippen molar-refractivity contribution in [2.75, 3.05) is 0 Å². The van der Waals surface area contributed by atoms with Crippen LogP contribution in [0.15, 0.2) is 109 Å². The van der Waals surface area contributed by atoms with E-state index < -0.39 is 6.10 Å². The third kappa shape index (κ3) is 5.48. The number of nitrogens with zero attached hydrogens (tertiary/aromatic N) is 1. The first-order chi connectivity index (χ1) is 29.6. The van der Waals surface area contributed by atoms with Gasteiger partial charge in [-0.25, -0.2) is 4.98 Å². The number of H-pyrrole nitrogens is 1. The summed E-state index contributed by atoms with van der Waals surface area (Å²) in [6, 6.07) is 18.1. The number of fused-ring (bicyclic) bond motifs is 4. The molecule has 6 aliphatic rings. The molecule has 3 saturated carbocycles. The maximum Gasteiger partial charge on any atom is 0.169 e. The van der Waals surface area contributed by atoms with Gasteiger partial charge in [0.05, 0.1) is 23.9 Å². The first-order valence-corrected chi connectivity index (χ1v) is 22.1. The van der Waals surface area contributed by atoms with Gasteiger partial charge in [-0.2, -0.15) is 0 Å². The molecular formula is C52H53N3O6. The van der Waals surface area contributed by atoms with E-state index in [-0.39, 0.29) is 68.4 Å². The molecule has 4 aromatic carbocycles. The normalized spacial score (nSPS) is 32.3. The molecule has 9 atom stereocenters. The summed E-state index contributed by atoms with van der Waals surface area (Å²) in [5.74, 6) is -0.260. The zero-order chi connectivity index (χ0) is 41.7. The molecule has 0 unspecified atom stereocenters. The molecule has 8 N–H and O–H groups in total. The quantitative estimate of drug-likeness (QED) is 0.0458. The molecule has 5 aromatic rings. The minimum absolute atomic E-state index is 0.0108. The van der Waals surface area contributed by atoms with Gasteiger partial charge in [-0.1, -0.05) is 97.8 Å². The van der Waals surface area contributed by atoms with Crippen molar-refractivity contribution < 1.29 is 30.6 Å². The Bertz CT molecular complexity index is 2670. The van der Waals surface area contributed by atoms with Crippen molar-refractivity contribution in [2.45, 2.75) is 87.8 Å². The summed E-state index contributed by atoms with van der Waals surface area (Å²) < 4.78 is 0. The fourth-order valence-corrected chi connectivity index (χ4v) is 14.0. The summed E-state index contributed by atoms with van der Waals surface area (Å²) in [4.78, 5) is 8.38. The molecule has 1 aliphatic heterocycles. The average Bonchev–Trinajstić information content (AvgIpc) is 4.05. The molecule has 0 radical (unpaired) electrons. The molecule has 3 fully saturated rings. The Morgan fingerprint density at radius 3 is 2.43 bits per heavy atom. The number of phenols is 5. The summed E-state index contributed by atoms with van der Waals surface area (Å²) >= 11 is 0. The van der Waals surface area contributed by atoms with Crippen LogP contribution in [0, 0.1) is 28.6 Å². The maximum atomic E-state index is 12.4. The molecule has 61 heavy (non-hydrogen) atoms. The Morgan fingerprint density at radius 1 is 0.770 bits per heavy atom. The van der Waals surface area contributed by atoms with Crippen LogP contribution < -0.4 is 5.32 Å². The summed E-state index contributed by atoms with van der Waals surface area (Å²) in [6.07, 6.45) is 29.1. The van der Waals surface area contributed by atoms with Gasteiger partial charge < -0.3 is 35.6 Å². The highest BCUT2D eigenvalue weighted by Crippen LogP contribution is 2.76. The lowest BCUT2D eigenvalue weighted by Gasteiger charge is -2.70. The fourth-order valence-electron chi connectivity index (χ4n) is 14.0. The standard InChI is InChI=1S/C52H53N3O6/c56-40-20-12-31(26-43(40)59)11-17-36-37-6-1-7-41(57)45(37)47(61)46(60)38(36)18-10-30-8-13-32(14-9-30)39-19-15-33-27-35-5-3-23-51(35)25-24-50-22-2-4-34(50)16-21-42(58)48(50)52(51,49(33)55-39)44-28-53-29-54-44/h1,6-9,11-17,19-21,26-29,34-35,39,42,48-49,55-61H,2-5,10,18,22-25H2,(H,53,54)/b17-11+/t34-,35+,39+,42+,48+,49+,50+,51+,52-/m1/s1. The van der Waals surface area contributed by atoms with Crippen LogP contribution >= 0.6 is 0 Å². The van der Waals surface area contributed by atoms with Gasteiger partial charge >= 0.3 is 0 Å². The van der Waals surface area contributed by atoms with E-state index in [1.807, 2.05) is 6.33 Å². The molecule has 5 aliphatic carbocycles. The lowest BCUT2D eigenvalue weighted by atomic mass is 9.34. The first kappa shape index (κ1) is 38.2. The van der Waals surface area contributed by atoms with Crippen molar-refractivity contribution in [2.24, 2.45) is 28.6 Å². The topological polar surface area (TPSA) is 162 Å². The maximum absolute atomic E-state index is 12.4. The van der Waals surface area contributed by atoms with E-state index >= 15 is 0 Å². The molecule has 2 heterocycles. The van der Waals surface area contributed by atoms with Crippen LogP contribution in [0.4, 0.5) is 0 Å². The summed E-state index contributed by atoms with van der Waals surface area (Å²) in [6.45, 7) is 0. The van der Waals surface area contributed by atoms with Crippen LogP contribution in [-0.2, 0) is 18.3 Å². The largest absolute Gasteiger partial charge is 0.507 e. The first-order valence-electron chi connectivity index (χ1n) is 22.1. The highest BCUT2D eigenvalue weighted by Gasteiger charge is 2.75. The number of aromatic nitrogens is 2.